The molecule has 0 bridgehead atoms. The van der Waals surface area contributed by atoms with Gasteiger partial charge >= 0.3 is 0 Å². The number of carbonyl (C=O) groups excluding carboxylic acids is 1. The van der Waals surface area contributed by atoms with E-state index in [4.69, 9.17) is 0 Å². The minimum Gasteiger partial charge on any atom is -0.352 e. The summed E-state index contributed by atoms with van der Waals surface area (Å²) in [5.74, 6) is -0.119. The number of amides is 1. The molecule has 122 valence electrons. The molecule has 0 aliphatic carbocycles. The van der Waals surface area contributed by atoms with Crippen LogP contribution in [0, 0.1) is 6.92 Å². The Hall–Kier alpha value is -2.47. The molecule has 1 N–H and O–H groups in total. The first-order valence-corrected chi connectivity index (χ1v) is 8.43. The predicted octanol–water partition coefficient (Wildman–Crippen LogP) is 3.31. The number of benzene rings is 1. The fraction of sp³-hybridized carbons (Fsp3) is 0.167. The van der Waals surface area contributed by atoms with Crippen LogP contribution in [0.15, 0.2) is 59.3 Å². The zero-order chi connectivity index (χ0) is 16.9. The van der Waals surface area contributed by atoms with E-state index < -0.39 is 0 Å². The average molecular weight is 385 g/mol. The number of halogens is 1. The van der Waals surface area contributed by atoms with Crippen LogP contribution in [0.3, 0.4) is 0 Å². The van der Waals surface area contributed by atoms with E-state index in [-0.39, 0.29) is 5.91 Å². The zero-order valence-corrected chi connectivity index (χ0v) is 14.8. The van der Waals surface area contributed by atoms with Gasteiger partial charge in [-0.1, -0.05) is 22.0 Å². The smallest absolute Gasteiger partial charge is 0.254 e. The monoisotopic (exact) mass is 384 g/mol. The highest BCUT2D eigenvalue weighted by Crippen LogP contribution is 2.17. The Balaban J connectivity index is 1.66. The molecule has 24 heavy (non-hydrogen) atoms. The highest BCUT2D eigenvalue weighted by Gasteiger charge is 2.14. The molecule has 3 aromatic rings. The van der Waals surface area contributed by atoms with E-state index in [1.807, 2.05) is 49.4 Å². The molecule has 1 amide bonds. The van der Waals surface area contributed by atoms with Crippen molar-refractivity contribution in [1.82, 2.24) is 20.1 Å². The highest BCUT2D eigenvalue weighted by molar-refractivity contribution is 9.10. The summed E-state index contributed by atoms with van der Waals surface area (Å²) in [6.07, 6.45) is 4.06. The summed E-state index contributed by atoms with van der Waals surface area (Å²) < 4.78 is 2.77. The largest absolute Gasteiger partial charge is 0.352 e. The van der Waals surface area contributed by atoms with Gasteiger partial charge < -0.3 is 5.32 Å². The summed E-state index contributed by atoms with van der Waals surface area (Å²) in [4.78, 5) is 16.6. The molecule has 1 aromatic carbocycles. The van der Waals surface area contributed by atoms with Crippen LogP contribution in [0.2, 0.25) is 0 Å². The second kappa shape index (κ2) is 7.40. The van der Waals surface area contributed by atoms with Crippen molar-refractivity contribution in [1.29, 1.82) is 0 Å². The van der Waals surface area contributed by atoms with Crippen molar-refractivity contribution in [3.8, 4) is 5.69 Å². The number of pyridine rings is 1. The lowest BCUT2D eigenvalue weighted by atomic mass is 10.2. The Morgan fingerprint density at radius 2 is 2.00 bits per heavy atom. The minimum atomic E-state index is -0.119. The van der Waals surface area contributed by atoms with Gasteiger partial charge in [0.1, 0.15) is 0 Å². The van der Waals surface area contributed by atoms with Crippen LogP contribution in [-0.2, 0) is 6.42 Å². The van der Waals surface area contributed by atoms with Gasteiger partial charge in [-0.25, -0.2) is 4.68 Å². The van der Waals surface area contributed by atoms with Crippen molar-refractivity contribution in [2.75, 3.05) is 6.54 Å². The van der Waals surface area contributed by atoms with E-state index in [9.17, 15) is 4.79 Å². The lowest BCUT2D eigenvalue weighted by Gasteiger charge is -2.07. The molecule has 0 unspecified atom stereocenters. The molecule has 3 rings (SSSR count). The third kappa shape index (κ3) is 3.71. The van der Waals surface area contributed by atoms with E-state index in [1.165, 1.54) is 0 Å². The maximum Gasteiger partial charge on any atom is 0.254 e. The number of aromatic nitrogens is 3. The predicted molar refractivity (Wildman–Crippen MR) is 96.3 cm³/mol. The zero-order valence-electron chi connectivity index (χ0n) is 13.2. The second-order valence-corrected chi connectivity index (χ2v) is 6.27. The van der Waals surface area contributed by atoms with E-state index in [0.29, 0.717) is 18.5 Å². The normalized spacial score (nSPS) is 10.6. The van der Waals surface area contributed by atoms with Gasteiger partial charge in [-0.2, -0.15) is 5.10 Å². The quantitative estimate of drug-likeness (QED) is 0.733. The van der Waals surface area contributed by atoms with Crippen LogP contribution in [0.25, 0.3) is 5.69 Å². The SMILES string of the molecule is Cc1c(C(=O)NCCc2ccccn2)cnn1-c1ccc(Br)cc1. The second-order valence-electron chi connectivity index (χ2n) is 5.36. The Kier molecular flexibility index (Phi) is 5.05. The maximum absolute atomic E-state index is 12.4. The van der Waals surface area contributed by atoms with Gasteiger partial charge in [-0.05, 0) is 43.3 Å². The molecule has 0 atom stereocenters. The van der Waals surface area contributed by atoms with Crippen LogP contribution in [0.1, 0.15) is 21.7 Å². The summed E-state index contributed by atoms with van der Waals surface area (Å²) in [7, 11) is 0. The van der Waals surface area contributed by atoms with E-state index in [2.05, 4.69) is 31.3 Å². The fourth-order valence-electron chi connectivity index (χ4n) is 2.42. The average Bonchev–Trinajstić information content (AvgIpc) is 2.98. The molecule has 0 aliphatic heterocycles. The first kappa shape index (κ1) is 16.4. The third-order valence-corrected chi connectivity index (χ3v) is 4.25. The molecule has 0 aliphatic rings. The number of carbonyl (C=O) groups is 1. The van der Waals surface area contributed by atoms with Crippen LogP contribution in [0.4, 0.5) is 0 Å². The molecule has 2 heterocycles. The molecule has 2 aromatic heterocycles. The number of nitrogens with zero attached hydrogens (tertiary/aromatic N) is 3. The molecular weight excluding hydrogens is 368 g/mol. The molecule has 0 radical (unpaired) electrons. The van der Waals surface area contributed by atoms with Gasteiger partial charge in [-0.3, -0.25) is 9.78 Å². The fourth-order valence-corrected chi connectivity index (χ4v) is 2.68. The first-order chi connectivity index (χ1) is 11.6. The van der Waals surface area contributed by atoms with E-state index >= 15 is 0 Å². The van der Waals surface area contributed by atoms with Gasteiger partial charge in [0.15, 0.2) is 0 Å². The highest BCUT2D eigenvalue weighted by atomic mass is 79.9. The Bertz CT molecular complexity index is 828. The molecular formula is C18H17BrN4O. The molecule has 0 spiro atoms. The summed E-state index contributed by atoms with van der Waals surface area (Å²) in [5.41, 5.74) is 3.27. The Morgan fingerprint density at radius 1 is 1.21 bits per heavy atom. The van der Waals surface area contributed by atoms with Gasteiger partial charge in [0.05, 0.1) is 23.1 Å². The van der Waals surface area contributed by atoms with Gasteiger partial charge in [0.2, 0.25) is 0 Å². The molecule has 5 nitrogen and oxygen atoms in total. The lowest BCUT2D eigenvalue weighted by molar-refractivity contribution is 0.0953. The van der Waals surface area contributed by atoms with E-state index in [0.717, 1.165) is 21.5 Å². The van der Waals surface area contributed by atoms with Crippen molar-refractivity contribution in [3.63, 3.8) is 0 Å². The number of rotatable bonds is 5. The number of hydrogen-bond acceptors (Lipinski definition) is 3. The topological polar surface area (TPSA) is 59.8 Å². The van der Waals surface area contributed by atoms with E-state index in [1.54, 1.807) is 17.1 Å². The van der Waals surface area contributed by atoms with Crippen molar-refractivity contribution in [2.45, 2.75) is 13.3 Å². The Labute approximate surface area is 148 Å². The van der Waals surface area contributed by atoms with Crippen molar-refractivity contribution < 1.29 is 4.79 Å². The minimum absolute atomic E-state index is 0.119. The summed E-state index contributed by atoms with van der Waals surface area (Å²) >= 11 is 3.41. The summed E-state index contributed by atoms with van der Waals surface area (Å²) in [5, 5.41) is 7.25. The van der Waals surface area contributed by atoms with Crippen molar-refractivity contribution in [3.05, 3.63) is 76.3 Å². The van der Waals surface area contributed by atoms with Gasteiger partial charge in [0.25, 0.3) is 5.91 Å². The van der Waals surface area contributed by atoms with Crippen LogP contribution >= 0.6 is 15.9 Å². The maximum atomic E-state index is 12.4. The van der Waals surface area contributed by atoms with Crippen molar-refractivity contribution >= 4 is 21.8 Å². The molecule has 0 saturated carbocycles. The number of hydrogen-bond donors (Lipinski definition) is 1. The first-order valence-electron chi connectivity index (χ1n) is 7.64. The summed E-state index contributed by atoms with van der Waals surface area (Å²) in [6, 6.07) is 13.6. The molecule has 0 saturated heterocycles. The molecule has 6 heteroatoms. The summed E-state index contributed by atoms with van der Waals surface area (Å²) in [6.45, 7) is 2.43. The standard InChI is InChI=1S/C18H17BrN4O/c1-13-17(12-22-23(13)16-7-5-14(19)6-8-16)18(24)21-11-9-15-4-2-3-10-20-15/h2-8,10,12H,9,11H2,1H3,(H,21,24). The van der Waals surface area contributed by atoms with Gasteiger partial charge in [0, 0.05) is 29.3 Å². The van der Waals surface area contributed by atoms with Crippen LogP contribution in [0.5, 0.6) is 0 Å². The van der Waals surface area contributed by atoms with Gasteiger partial charge in [-0.15, -0.1) is 0 Å². The lowest BCUT2D eigenvalue weighted by Crippen LogP contribution is -2.26. The number of nitrogens with one attached hydrogen (secondary N) is 1. The van der Waals surface area contributed by atoms with Crippen LogP contribution in [-0.4, -0.2) is 27.2 Å². The molecule has 0 fully saturated rings. The van der Waals surface area contributed by atoms with Crippen LogP contribution < -0.4 is 5.32 Å². The Morgan fingerprint density at radius 3 is 2.71 bits per heavy atom. The van der Waals surface area contributed by atoms with Crippen molar-refractivity contribution in [2.24, 2.45) is 0 Å². The third-order valence-electron chi connectivity index (χ3n) is 3.72.